The van der Waals surface area contributed by atoms with Crippen molar-refractivity contribution in [3.63, 3.8) is 0 Å². The summed E-state index contributed by atoms with van der Waals surface area (Å²) in [6.45, 7) is 12.1. The summed E-state index contributed by atoms with van der Waals surface area (Å²) in [4.78, 5) is 40.4. The van der Waals surface area contributed by atoms with Gasteiger partial charge in [0.1, 0.15) is 17.7 Å². The van der Waals surface area contributed by atoms with Crippen LogP contribution in [-0.4, -0.2) is 64.5 Å². The van der Waals surface area contributed by atoms with E-state index in [1.165, 1.54) is 4.90 Å². The molecule has 3 amide bonds. The number of nitrogens with zero attached hydrogens (tertiary/aromatic N) is 1. The molecule has 8 nitrogen and oxygen atoms in total. The van der Waals surface area contributed by atoms with E-state index >= 15 is 0 Å². The van der Waals surface area contributed by atoms with E-state index in [9.17, 15) is 19.5 Å². The lowest BCUT2D eigenvalue weighted by atomic mass is 9.93. The number of benzene rings is 1. The van der Waals surface area contributed by atoms with E-state index in [4.69, 9.17) is 4.74 Å². The number of aliphatic hydroxyl groups is 1. The van der Waals surface area contributed by atoms with Crippen molar-refractivity contribution in [2.75, 3.05) is 18.9 Å². The Labute approximate surface area is 196 Å². The summed E-state index contributed by atoms with van der Waals surface area (Å²) in [5.41, 5.74) is 1.62. The van der Waals surface area contributed by atoms with Crippen LogP contribution in [0.5, 0.6) is 0 Å². The summed E-state index contributed by atoms with van der Waals surface area (Å²) in [7, 11) is 0. The largest absolute Gasteiger partial charge is 0.444 e. The van der Waals surface area contributed by atoms with Gasteiger partial charge in [-0.05, 0) is 65.2 Å². The van der Waals surface area contributed by atoms with E-state index in [2.05, 4.69) is 23.3 Å². The van der Waals surface area contributed by atoms with Crippen LogP contribution < -0.4 is 10.6 Å². The van der Waals surface area contributed by atoms with Gasteiger partial charge in [-0.1, -0.05) is 18.2 Å². The zero-order chi connectivity index (χ0) is 24.6. The molecule has 0 saturated heterocycles. The van der Waals surface area contributed by atoms with E-state index in [0.717, 1.165) is 11.1 Å². The molecule has 3 N–H and O–H groups in total. The number of nitrogens with one attached hydrogen (secondary N) is 2. The van der Waals surface area contributed by atoms with E-state index in [1.807, 2.05) is 45.9 Å². The second-order valence-corrected chi connectivity index (χ2v) is 9.37. The Morgan fingerprint density at radius 1 is 1.12 bits per heavy atom. The predicted molar refractivity (Wildman–Crippen MR) is 128 cm³/mol. The highest BCUT2D eigenvalue weighted by atomic mass is 32.1. The van der Waals surface area contributed by atoms with Crippen LogP contribution >= 0.6 is 12.6 Å². The van der Waals surface area contributed by atoms with E-state index in [1.54, 1.807) is 20.8 Å². The third-order valence-electron chi connectivity index (χ3n) is 4.60. The quantitative estimate of drug-likeness (QED) is 0.418. The first-order chi connectivity index (χ1) is 14.8. The summed E-state index contributed by atoms with van der Waals surface area (Å²) >= 11 is 4.23. The van der Waals surface area contributed by atoms with Gasteiger partial charge in [0.05, 0.1) is 6.61 Å². The topological polar surface area (TPSA) is 108 Å². The summed E-state index contributed by atoms with van der Waals surface area (Å²) in [5.74, 6) is -0.911. The molecule has 9 heteroatoms. The Bertz CT molecular complexity index is 787. The molecule has 1 aromatic carbocycles. The van der Waals surface area contributed by atoms with Crippen LogP contribution in [0.15, 0.2) is 18.2 Å². The number of ether oxygens (including phenoxy) is 1. The number of thiol groups is 1. The molecule has 1 rings (SSSR count). The van der Waals surface area contributed by atoms with Crippen LogP contribution in [-0.2, 0) is 14.3 Å². The van der Waals surface area contributed by atoms with Gasteiger partial charge >= 0.3 is 6.09 Å². The fourth-order valence-corrected chi connectivity index (χ4v) is 3.61. The number of hydrogen-bond acceptors (Lipinski definition) is 6. The smallest absolute Gasteiger partial charge is 0.408 e. The normalized spacial score (nSPS) is 13.3. The number of hydrogen-bond donors (Lipinski definition) is 4. The second kappa shape index (κ2) is 12.1. The van der Waals surface area contributed by atoms with Gasteiger partial charge in [0.25, 0.3) is 0 Å². The summed E-state index contributed by atoms with van der Waals surface area (Å²) in [6, 6.07) is 3.44. The lowest BCUT2D eigenvalue weighted by Gasteiger charge is -2.35. The number of aliphatic hydroxyl groups excluding tert-OH is 1. The molecule has 2 atom stereocenters. The average molecular weight is 468 g/mol. The Kier molecular flexibility index (Phi) is 10.5. The Balaban J connectivity index is 3.41. The minimum atomic E-state index is -1.04. The molecule has 0 fully saturated rings. The van der Waals surface area contributed by atoms with Gasteiger partial charge in [-0.15, -0.1) is 0 Å². The molecule has 0 aliphatic heterocycles. The SMILES string of the molecule is Cc1cccc(C)c1C(C(=O)NC(C)C)N(CCO)C(=O)C(CS)NC(=O)OC(C)(C)C. The first kappa shape index (κ1) is 27.8. The third kappa shape index (κ3) is 8.02. The van der Waals surface area contributed by atoms with Gasteiger partial charge in [0, 0.05) is 18.3 Å². The van der Waals surface area contributed by atoms with Crippen LogP contribution in [0.3, 0.4) is 0 Å². The van der Waals surface area contributed by atoms with Crippen molar-refractivity contribution in [1.29, 1.82) is 0 Å². The van der Waals surface area contributed by atoms with Gasteiger partial charge in [0.15, 0.2) is 0 Å². The van der Waals surface area contributed by atoms with Crippen LogP contribution in [0.2, 0.25) is 0 Å². The fourth-order valence-electron chi connectivity index (χ4n) is 3.36. The van der Waals surface area contributed by atoms with E-state index in [0.29, 0.717) is 5.56 Å². The van der Waals surface area contributed by atoms with Gasteiger partial charge in [-0.25, -0.2) is 4.79 Å². The van der Waals surface area contributed by atoms with E-state index in [-0.39, 0.29) is 30.9 Å². The number of rotatable bonds is 9. The molecule has 0 bridgehead atoms. The molecule has 0 aromatic heterocycles. The maximum absolute atomic E-state index is 13.5. The second-order valence-electron chi connectivity index (χ2n) is 9.01. The summed E-state index contributed by atoms with van der Waals surface area (Å²) in [6.07, 6.45) is -0.760. The number of aryl methyl sites for hydroxylation is 2. The lowest BCUT2D eigenvalue weighted by molar-refractivity contribution is -0.142. The van der Waals surface area contributed by atoms with Crippen molar-refractivity contribution < 1.29 is 24.2 Å². The van der Waals surface area contributed by atoms with Crippen LogP contribution in [0.25, 0.3) is 0 Å². The van der Waals surface area contributed by atoms with Gasteiger partial charge in [0.2, 0.25) is 11.8 Å². The first-order valence-corrected chi connectivity index (χ1v) is 11.3. The molecule has 180 valence electrons. The molecule has 32 heavy (non-hydrogen) atoms. The highest BCUT2D eigenvalue weighted by molar-refractivity contribution is 7.80. The minimum absolute atomic E-state index is 0.00865. The highest BCUT2D eigenvalue weighted by Crippen LogP contribution is 2.28. The molecule has 0 aliphatic rings. The Morgan fingerprint density at radius 2 is 1.69 bits per heavy atom. The molecular formula is C23H37N3O5S. The van der Waals surface area contributed by atoms with Crippen molar-refractivity contribution >= 4 is 30.5 Å². The maximum Gasteiger partial charge on any atom is 0.408 e. The van der Waals surface area contributed by atoms with Gasteiger partial charge < -0.3 is 25.4 Å². The molecule has 0 radical (unpaired) electrons. The Morgan fingerprint density at radius 3 is 2.12 bits per heavy atom. The summed E-state index contributed by atoms with van der Waals surface area (Å²) < 4.78 is 5.26. The highest BCUT2D eigenvalue weighted by Gasteiger charge is 2.37. The van der Waals surface area contributed by atoms with Crippen LogP contribution in [0, 0.1) is 13.8 Å². The monoisotopic (exact) mass is 467 g/mol. The standard InChI is InChI=1S/C23H37N3O5S/c1-14(2)24-20(28)19(18-15(3)9-8-10-16(18)4)26(11-12-27)21(29)17(13-32)25-22(30)31-23(5,6)7/h8-10,14,17,19,27,32H,11-13H2,1-7H3,(H,24,28)(H,25,30). The molecule has 0 spiro atoms. The number of amides is 3. The minimum Gasteiger partial charge on any atom is -0.444 e. The van der Waals surface area contributed by atoms with Crippen LogP contribution in [0.4, 0.5) is 4.79 Å². The molecule has 0 aliphatic carbocycles. The van der Waals surface area contributed by atoms with Crippen molar-refractivity contribution in [3.05, 3.63) is 34.9 Å². The van der Waals surface area contributed by atoms with Gasteiger partial charge in [-0.3, -0.25) is 9.59 Å². The number of carbonyl (C=O) groups excluding carboxylic acids is 3. The zero-order valence-electron chi connectivity index (χ0n) is 20.1. The molecular weight excluding hydrogens is 430 g/mol. The van der Waals surface area contributed by atoms with Gasteiger partial charge in [-0.2, -0.15) is 12.6 Å². The van der Waals surface area contributed by atoms with Crippen molar-refractivity contribution in [3.8, 4) is 0 Å². The maximum atomic E-state index is 13.5. The van der Waals surface area contributed by atoms with Crippen LogP contribution in [0.1, 0.15) is 57.4 Å². The third-order valence-corrected chi connectivity index (χ3v) is 4.97. The first-order valence-electron chi connectivity index (χ1n) is 10.7. The molecule has 0 heterocycles. The average Bonchev–Trinajstić information content (AvgIpc) is 2.65. The Hall–Kier alpha value is -2.26. The fraction of sp³-hybridized carbons (Fsp3) is 0.609. The van der Waals surface area contributed by atoms with Crippen molar-refractivity contribution in [2.45, 2.75) is 72.2 Å². The molecule has 2 unspecified atom stereocenters. The molecule has 1 aromatic rings. The van der Waals surface area contributed by atoms with Crippen molar-refractivity contribution in [1.82, 2.24) is 15.5 Å². The zero-order valence-corrected chi connectivity index (χ0v) is 21.0. The molecule has 0 saturated carbocycles. The number of alkyl carbamates (subject to hydrolysis) is 1. The van der Waals surface area contributed by atoms with Crippen molar-refractivity contribution in [2.24, 2.45) is 0 Å². The summed E-state index contributed by atoms with van der Waals surface area (Å²) in [5, 5.41) is 15.1. The van der Waals surface area contributed by atoms with E-state index < -0.39 is 29.7 Å². The predicted octanol–water partition coefficient (Wildman–Crippen LogP) is 2.51. The lowest BCUT2D eigenvalue weighted by Crippen LogP contribution is -2.55. The number of carbonyl (C=O) groups is 3.